The van der Waals surface area contributed by atoms with Crippen LogP contribution in [0.3, 0.4) is 0 Å². The lowest BCUT2D eigenvalue weighted by molar-refractivity contribution is 0.263. The first-order valence-corrected chi connectivity index (χ1v) is 9.11. The van der Waals surface area contributed by atoms with E-state index in [0.717, 1.165) is 22.9 Å². The Morgan fingerprint density at radius 3 is 3.04 bits per heavy atom. The second-order valence-corrected chi connectivity index (χ2v) is 7.61. The summed E-state index contributed by atoms with van der Waals surface area (Å²) in [4.78, 5) is 5.46. The van der Waals surface area contributed by atoms with Gasteiger partial charge in [0.15, 0.2) is 11.0 Å². The first-order valence-electron chi connectivity index (χ1n) is 7.35. The van der Waals surface area contributed by atoms with E-state index < -0.39 is 0 Å². The molecule has 0 aromatic carbocycles. The van der Waals surface area contributed by atoms with Gasteiger partial charge in [0, 0.05) is 6.04 Å². The van der Waals surface area contributed by atoms with Crippen LogP contribution in [0, 0.1) is 0 Å². The van der Waals surface area contributed by atoms with Crippen molar-refractivity contribution in [2.75, 3.05) is 0 Å². The molecule has 0 saturated heterocycles. The first kappa shape index (κ1) is 14.9. The third-order valence-corrected chi connectivity index (χ3v) is 5.51. The van der Waals surface area contributed by atoms with Crippen LogP contribution in [0.25, 0.3) is 10.7 Å². The summed E-state index contributed by atoms with van der Waals surface area (Å²) in [6, 6.07) is 4.34. The summed E-state index contributed by atoms with van der Waals surface area (Å²) in [6.45, 7) is 1.91. The highest BCUT2D eigenvalue weighted by Crippen LogP contribution is 2.42. The molecule has 1 unspecified atom stereocenters. The topological polar surface area (TPSA) is 89.9 Å². The monoisotopic (exact) mass is 349 g/mol. The molecule has 7 nitrogen and oxygen atoms in total. The number of rotatable bonds is 6. The summed E-state index contributed by atoms with van der Waals surface area (Å²) in [5.74, 6) is 1.79. The fourth-order valence-electron chi connectivity index (χ4n) is 2.31. The van der Waals surface area contributed by atoms with Gasteiger partial charge in [-0.05, 0) is 31.2 Å². The molecular formula is C14H15N5O2S2. The summed E-state index contributed by atoms with van der Waals surface area (Å²) in [5.41, 5.74) is 0. The highest BCUT2D eigenvalue weighted by atomic mass is 32.2. The van der Waals surface area contributed by atoms with E-state index in [0.29, 0.717) is 23.6 Å². The van der Waals surface area contributed by atoms with E-state index in [1.54, 1.807) is 11.3 Å². The van der Waals surface area contributed by atoms with Crippen molar-refractivity contribution in [3.63, 3.8) is 0 Å². The lowest BCUT2D eigenvalue weighted by Gasteiger charge is -2.09. The van der Waals surface area contributed by atoms with E-state index in [1.165, 1.54) is 11.8 Å². The standard InChI is InChI=1S/C14H15N5O2S2/c1-8(13-15-12(18-21-13)10-3-2-6-22-10)23-14-17-16-11(7-20)19(14)9-4-5-9/h2-3,6,8-9,20H,4-5,7H2,1H3. The van der Waals surface area contributed by atoms with E-state index in [2.05, 4.69) is 20.3 Å². The maximum absolute atomic E-state index is 9.40. The predicted molar refractivity (Wildman–Crippen MR) is 86.1 cm³/mol. The van der Waals surface area contributed by atoms with Crippen molar-refractivity contribution < 1.29 is 9.63 Å². The van der Waals surface area contributed by atoms with Crippen molar-refractivity contribution in [3.05, 3.63) is 29.2 Å². The minimum atomic E-state index is -0.0957. The molecular weight excluding hydrogens is 334 g/mol. The molecule has 3 aromatic rings. The molecule has 1 N–H and O–H groups in total. The number of thiophene rings is 1. The molecule has 120 valence electrons. The molecule has 4 rings (SSSR count). The normalized spacial score (nSPS) is 15.9. The largest absolute Gasteiger partial charge is 0.388 e. The summed E-state index contributed by atoms with van der Waals surface area (Å²) in [5, 5.41) is 24.4. The van der Waals surface area contributed by atoms with Crippen molar-refractivity contribution >= 4 is 23.1 Å². The lowest BCUT2D eigenvalue weighted by atomic mass is 10.4. The Kier molecular flexibility index (Phi) is 3.92. The quantitative estimate of drug-likeness (QED) is 0.684. The van der Waals surface area contributed by atoms with Gasteiger partial charge in [-0.3, -0.25) is 0 Å². The second-order valence-electron chi connectivity index (χ2n) is 5.35. The van der Waals surface area contributed by atoms with E-state index >= 15 is 0 Å². The molecule has 0 aliphatic heterocycles. The molecule has 0 radical (unpaired) electrons. The molecule has 1 aliphatic carbocycles. The van der Waals surface area contributed by atoms with E-state index in [4.69, 9.17) is 4.52 Å². The van der Waals surface area contributed by atoms with Crippen LogP contribution in [0.4, 0.5) is 0 Å². The number of hydrogen-bond acceptors (Lipinski definition) is 8. The van der Waals surface area contributed by atoms with Gasteiger partial charge in [-0.2, -0.15) is 4.98 Å². The number of aliphatic hydroxyl groups is 1. The zero-order chi connectivity index (χ0) is 15.8. The molecule has 3 heterocycles. The highest BCUT2D eigenvalue weighted by molar-refractivity contribution is 7.99. The Labute approximate surface area is 140 Å². The molecule has 1 atom stereocenters. The van der Waals surface area contributed by atoms with E-state index in [9.17, 15) is 5.11 Å². The van der Waals surface area contributed by atoms with E-state index in [-0.39, 0.29) is 11.9 Å². The summed E-state index contributed by atoms with van der Waals surface area (Å²) in [7, 11) is 0. The van der Waals surface area contributed by atoms with Crippen LogP contribution in [0.1, 0.15) is 42.8 Å². The van der Waals surface area contributed by atoms with Crippen LogP contribution >= 0.6 is 23.1 Å². The predicted octanol–water partition coefficient (Wildman–Crippen LogP) is 3.07. The molecule has 3 aromatic heterocycles. The Bertz CT molecular complexity index is 794. The molecule has 0 bridgehead atoms. The van der Waals surface area contributed by atoms with Crippen LogP contribution in [0.15, 0.2) is 27.2 Å². The van der Waals surface area contributed by atoms with Gasteiger partial charge in [0.05, 0.1) is 10.1 Å². The average molecular weight is 349 g/mol. The Hall–Kier alpha value is -1.71. The number of hydrogen-bond donors (Lipinski definition) is 1. The van der Waals surface area contributed by atoms with Gasteiger partial charge in [-0.1, -0.05) is 23.0 Å². The van der Waals surface area contributed by atoms with Gasteiger partial charge in [-0.15, -0.1) is 21.5 Å². The van der Waals surface area contributed by atoms with Gasteiger partial charge in [0.2, 0.25) is 11.7 Å². The highest BCUT2D eigenvalue weighted by Gasteiger charge is 2.30. The number of nitrogens with zero attached hydrogens (tertiary/aromatic N) is 5. The number of thioether (sulfide) groups is 1. The van der Waals surface area contributed by atoms with Crippen LogP contribution in [0.5, 0.6) is 0 Å². The van der Waals surface area contributed by atoms with Crippen molar-refractivity contribution in [1.82, 2.24) is 24.9 Å². The summed E-state index contributed by atoms with van der Waals surface area (Å²) in [6.07, 6.45) is 2.21. The Morgan fingerprint density at radius 2 is 2.35 bits per heavy atom. The average Bonchev–Trinajstić information content (AvgIpc) is 3.02. The molecule has 1 aliphatic rings. The van der Waals surface area contributed by atoms with Crippen molar-refractivity contribution in [2.24, 2.45) is 0 Å². The number of aliphatic hydroxyl groups excluding tert-OH is 1. The first-order chi connectivity index (χ1) is 11.3. The zero-order valence-corrected chi connectivity index (χ0v) is 14.0. The number of aromatic nitrogens is 5. The van der Waals surface area contributed by atoms with Gasteiger partial charge in [0.1, 0.15) is 6.61 Å². The Balaban J connectivity index is 1.54. The summed E-state index contributed by atoms with van der Waals surface area (Å²) < 4.78 is 7.41. The SMILES string of the molecule is CC(Sc1nnc(CO)n1C1CC1)c1nc(-c2cccs2)no1. The van der Waals surface area contributed by atoms with Crippen LogP contribution in [-0.2, 0) is 6.61 Å². The summed E-state index contributed by atoms with van der Waals surface area (Å²) >= 11 is 3.10. The Morgan fingerprint density at radius 1 is 1.48 bits per heavy atom. The van der Waals surface area contributed by atoms with Gasteiger partial charge < -0.3 is 14.2 Å². The maximum atomic E-state index is 9.40. The zero-order valence-electron chi connectivity index (χ0n) is 12.4. The minimum absolute atomic E-state index is 0.0375. The van der Waals surface area contributed by atoms with Gasteiger partial charge in [-0.25, -0.2) is 0 Å². The van der Waals surface area contributed by atoms with Crippen molar-refractivity contribution in [2.45, 2.75) is 42.8 Å². The third kappa shape index (κ3) is 2.91. The molecule has 1 fully saturated rings. The minimum Gasteiger partial charge on any atom is -0.388 e. The lowest BCUT2D eigenvalue weighted by Crippen LogP contribution is -2.03. The van der Waals surface area contributed by atoms with Crippen molar-refractivity contribution in [1.29, 1.82) is 0 Å². The van der Waals surface area contributed by atoms with Crippen LogP contribution in [-0.4, -0.2) is 30.0 Å². The molecule has 9 heteroatoms. The maximum Gasteiger partial charge on any atom is 0.240 e. The van der Waals surface area contributed by atoms with E-state index in [1.807, 2.05) is 29.0 Å². The van der Waals surface area contributed by atoms with Crippen molar-refractivity contribution in [3.8, 4) is 10.7 Å². The van der Waals surface area contributed by atoms with Crippen LogP contribution in [0.2, 0.25) is 0 Å². The smallest absolute Gasteiger partial charge is 0.240 e. The third-order valence-electron chi connectivity index (χ3n) is 3.60. The van der Waals surface area contributed by atoms with Crippen LogP contribution < -0.4 is 0 Å². The molecule has 1 saturated carbocycles. The molecule has 23 heavy (non-hydrogen) atoms. The van der Waals surface area contributed by atoms with Gasteiger partial charge in [0.25, 0.3) is 0 Å². The molecule has 0 amide bonds. The van der Waals surface area contributed by atoms with Gasteiger partial charge >= 0.3 is 0 Å². The molecule has 0 spiro atoms. The fraction of sp³-hybridized carbons (Fsp3) is 0.429. The fourth-order valence-corrected chi connectivity index (χ4v) is 3.93. The second kappa shape index (κ2) is 6.06.